The summed E-state index contributed by atoms with van der Waals surface area (Å²) in [6.07, 6.45) is 1.79. The second-order valence-corrected chi connectivity index (χ2v) is 3.85. The highest BCUT2D eigenvalue weighted by molar-refractivity contribution is 5.53. The second-order valence-electron chi connectivity index (χ2n) is 3.85. The molecule has 2 heteroatoms. The molecule has 0 bridgehead atoms. The van der Waals surface area contributed by atoms with Crippen molar-refractivity contribution in [2.75, 3.05) is 25.6 Å². The third kappa shape index (κ3) is 2.74. The highest BCUT2D eigenvalue weighted by Gasteiger charge is 2.03. The zero-order valence-corrected chi connectivity index (χ0v) is 9.25. The minimum Gasteiger partial charge on any atom is -0.396 e. The van der Waals surface area contributed by atoms with Crippen molar-refractivity contribution >= 4 is 5.69 Å². The SMILES string of the molecule is Cc1ccc(N(C)C)c(CCCO)c1. The molecule has 0 amide bonds. The summed E-state index contributed by atoms with van der Waals surface area (Å²) in [5, 5.41) is 8.81. The molecule has 78 valence electrons. The second kappa shape index (κ2) is 5.01. The van der Waals surface area contributed by atoms with Gasteiger partial charge >= 0.3 is 0 Å². The maximum Gasteiger partial charge on any atom is 0.0434 e. The Morgan fingerprint density at radius 1 is 1.29 bits per heavy atom. The van der Waals surface area contributed by atoms with Gasteiger partial charge in [-0.3, -0.25) is 0 Å². The number of benzene rings is 1. The third-order valence-corrected chi connectivity index (χ3v) is 2.32. The Labute approximate surface area is 86.2 Å². The Hall–Kier alpha value is -1.02. The van der Waals surface area contributed by atoms with Crippen molar-refractivity contribution in [1.82, 2.24) is 0 Å². The number of aliphatic hydroxyl groups is 1. The molecule has 1 aromatic rings. The Balaban J connectivity index is 2.91. The van der Waals surface area contributed by atoms with Gasteiger partial charge in [-0.2, -0.15) is 0 Å². The van der Waals surface area contributed by atoms with Crippen LogP contribution >= 0.6 is 0 Å². The Bertz CT molecular complexity index is 294. The standard InChI is InChI=1S/C12H19NO/c1-10-6-7-12(13(2)3)11(9-10)5-4-8-14/h6-7,9,14H,4-5,8H2,1-3H3. The number of anilines is 1. The van der Waals surface area contributed by atoms with Crippen LogP contribution in [0.4, 0.5) is 5.69 Å². The van der Waals surface area contributed by atoms with Gasteiger partial charge in [0.2, 0.25) is 0 Å². The molecule has 0 aliphatic heterocycles. The summed E-state index contributed by atoms with van der Waals surface area (Å²) in [6, 6.07) is 6.46. The fourth-order valence-electron chi connectivity index (χ4n) is 1.62. The molecule has 0 atom stereocenters. The number of aliphatic hydroxyl groups excluding tert-OH is 1. The molecule has 0 heterocycles. The molecular weight excluding hydrogens is 174 g/mol. The summed E-state index contributed by atoms with van der Waals surface area (Å²) >= 11 is 0. The molecule has 0 saturated carbocycles. The maximum atomic E-state index is 8.81. The van der Waals surface area contributed by atoms with Gasteiger partial charge in [0, 0.05) is 26.4 Å². The van der Waals surface area contributed by atoms with Crippen LogP contribution in [-0.2, 0) is 6.42 Å². The summed E-state index contributed by atoms with van der Waals surface area (Å²) in [5.74, 6) is 0. The van der Waals surface area contributed by atoms with E-state index < -0.39 is 0 Å². The summed E-state index contributed by atoms with van der Waals surface area (Å²) in [5.41, 5.74) is 3.86. The quantitative estimate of drug-likeness (QED) is 0.790. The smallest absolute Gasteiger partial charge is 0.0434 e. The number of hydrogen-bond acceptors (Lipinski definition) is 2. The zero-order chi connectivity index (χ0) is 10.6. The molecule has 0 aliphatic carbocycles. The predicted molar refractivity (Wildman–Crippen MR) is 60.9 cm³/mol. The first-order valence-corrected chi connectivity index (χ1v) is 5.03. The van der Waals surface area contributed by atoms with E-state index in [2.05, 4.69) is 30.0 Å². The van der Waals surface area contributed by atoms with Crippen molar-refractivity contribution in [3.05, 3.63) is 29.3 Å². The highest BCUT2D eigenvalue weighted by Crippen LogP contribution is 2.21. The van der Waals surface area contributed by atoms with E-state index in [9.17, 15) is 0 Å². The molecular formula is C12H19NO. The zero-order valence-electron chi connectivity index (χ0n) is 9.25. The normalized spacial score (nSPS) is 10.3. The predicted octanol–water partition coefficient (Wildman–Crippen LogP) is 1.99. The molecule has 14 heavy (non-hydrogen) atoms. The van der Waals surface area contributed by atoms with Crippen LogP contribution in [0.15, 0.2) is 18.2 Å². The van der Waals surface area contributed by atoms with E-state index in [1.165, 1.54) is 16.8 Å². The molecule has 0 radical (unpaired) electrons. The lowest BCUT2D eigenvalue weighted by Gasteiger charge is -2.17. The van der Waals surface area contributed by atoms with E-state index in [0.29, 0.717) is 0 Å². The first kappa shape index (κ1) is 11.1. The molecule has 1 N–H and O–H groups in total. The van der Waals surface area contributed by atoms with E-state index in [1.54, 1.807) is 0 Å². The van der Waals surface area contributed by atoms with Crippen LogP contribution in [0.3, 0.4) is 0 Å². The van der Waals surface area contributed by atoms with Crippen molar-refractivity contribution in [2.24, 2.45) is 0 Å². The number of nitrogens with zero attached hydrogens (tertiary/aromatic N) is 1. The van der Waals surface area contributed by atoms with Gasteiger partial charge in [-0.1, -0.05) is 17.7 Å². The Morgan fingerprint density at radius 2 is 2.00 bits per heavy atom. The van der Waals surface area contributed by atoms with Crippen LogP contribution in [-0.4, -0.2) is 25.8 Å². The van der Waals surface area contributed by atoms with Crippen LogP contribution in [0.2, 0.25) is 0 Å². The first-order valence-electron chi connectivity index (χ1n) is 5.03. The number of rotatable bonds is 4. The maximum absolute atomic E-state index is 8.81. The molecule has 0 saturated heterocycles. The largest absolute Gasteiger partial charge is 0.396 e. The van der Waals surface area contributed by atoms with Crippen molar-refractivity contribution in [3.63, 3.8) is 0 Å². The van der Waals surface area contributed by atoms with E-state index in [-0.39, 0.29) is 6.61 Å². The average Bonchev–Trinajstić information content (AvgIpc) is 2.14. The third-order valence-electron chi connectivity index (χ3n) is 2.32. The monoisotopic (exact) mass is 193 g/mol. The summed E-state index contributed by atoms with van der Waals surface area (Å²) in [6.45, 7) is 2.36. The molecule has 2 nitrogen and oxygen atoms in total. The van der Waals surface area contributed by atoms with Crippen molar-refractivity contribution in [1.29, 1.82) is 0 Å². The van der Waals surface area contributed by atoms with Crippen molar-refractivity contribution < 1.29 is 5.11 Å². The van der Waals surface area contributed by atoms with Gasteiger partial charge in [0.25, 0.3) is 0 Å². The van der Waals surface area contributed by atoms with Gasteiger partial charge in [0.1, 0.15) is 0 Å². The topological polar surface area (TPSA) is 23.5 Å². The number of hydrogen-bond donors (Lipinski definition) is 1. The van der Waals surface area contributed by atoms with E-state index in [1.807, 2.05) is 14.1 Å². The molecule has 1 rings (SSSR count). The minimum atomic E-state index is 0.265. The molecule has 0 unspecified atom stereocenters. The van der Waals surface area contributed by atoms with Crippen LogP contribution < -0.4 is 4.90 Å². The van der Waals surface area contributed by atoms with Gasteiger partial charge in [0.05, 0.1) is 0 Å². The molecule has 0 fully saturated rings. The van der Waals surface area contributed by atoms with Crippen LogP contribution in [0.5, 0.6) is 0 Å². The highest BCUT2D eigenvalue weighted by atomic mass is 16.2. The Kier molecular flexibility index (Phi) is 3.96. The van der Waals surface area contributed by atoms with Gasteiger partial charge in [-0.15, -0.1) is 0 Å². The van der Waals surface area contributed by atoms with Gasteiger partial charge < -0.3 is 10.0 Å². The summed E-state index contributed by atoms with van der Waals surface area (Å²) < 4.78 is 0. The van der Waals surface area contributed by atoms with Crippen molar-refractivity contribution in [2.45, 2.75) is 19.8 Å². The summed E-state index contributed by atoms with van der Waals surface area (Å²) in [7, 11) is 4.10. The van der Waals surface area contributed by atoms with E-state index in [4.69, 9.17) is 5.11 Å². The molecule has 0 aromatic heterocycles. The van der Waals surface area contributed by atoms with Gasteiger partial charge in [-0.25, -0.2) is 0 Å². The van der Waals surface area contributed by atoms with Gasteiger partial charge in [-0.05, 0) is 31.4 Å². The molecule has 1 aromatic carbocycles. The fraction of sp³-hybridized carbons (Fsp3) is 0.500. The van der Waals surface area contributed by atoms with Crippen LogP contribution in [0.25, 0.3) is 0 Å². The number of aryl methyl sites for hydroxylation is 2. The van der Waals surface area contributed by atoms with Crippen molar-refractivity contribution in [3.8, 4) is 0 Å². The fourth-order valence-corrected chi connectivity index (χ4v) is 1.62. The lowest BCUT2D eigenvalue weighted by molar-refractivity contribution is 0.288. The summed E-state index contributed by atoms with van der Waals surface area (Å²) in [4.78, 5) is 2.12. The Morgan fingerprint density at radius 3 is 2.57 bits per heavy atom. The van der Waals surface area contributed by atoms with E-state index in [0.717, 1.165) is 12.8 Å². The minimum absolute atomic E-state index is 0.265. The van der Waals surface area contributed by atoms with Crippen LogP contribution in [0, 0.1) is 6.92 Å². The molecule has 0 spiro atoms. The van der Waals surface area contributed by atoms with Gasteiger partial charge in [0.15, 0.2) is 0 Å². The lowest BCUT2D eigenvalue weighted by atomic mass is 10.0. The van der Waals surface area contributed by atoms with E-state index >= 15 is 0 Å². The van der Waals surface area contributed by atoms with Crippen LogP contribution in [0.1, 0.15) is 17.5 Å². The molecule has 0 aliphatic rings. The first-order chi connectivity index (χ1) is 6.65. The lowest BCUT2D eigenvalue weighted by Crippen LogP contribution is -2.11. The average molecular weight is 193 g/mol.